The van der Waals surface area contributed by atoms with Crippen LogP contribution in [0.4, 0.5) is 0 Å². The van der Waals surface area contributed by atoms with Crippen LogP contribution in [0.25, 0.3) is 0 Å². The van der Waals surface area contributed by atoms with Gasteiger partial charge in [-0.25, -0.2) is 4.79 Å². The van der Waals surface area contributed by atoms with Crippen LogP contribution in [0.2, 0.25) is 0 Å². The number of nitrogens with one attached hydrogen (secondary N) is 1. The smallest absolute Gasteiger partial charge is 0.349 e. The normalized spacial score (nSPS) is 11.4. The molecule has 0 radical (unpaired) electrons. The van der Waals surface area contributed by atoms with Crippen molar-refractivity contribution in [2.45, 2.75) is 52.2 Å². The highest BCUT2D eigenvalue weighted by Gasteiger charge is 2.32. The van der Waals surface area contributed by atoms with Crippen molar-refractivity contribution < 1.29 is 28.5 Å². The summed E-state index contributed by atoms with van der Waals surface area (Å²) in [5.74, 6) is 1.17. The molecule has 0 aromatic heterocycles. The number of ether oxygens (including phenoxy) is 4. The highest BCUT2D eigenvalue weighted by atomic mass is 16.6. The number of carbonyl (C=O) groups is 2. The number of esters is 1. The van der Waals surface area contributed by atoms with E-state index in [9.17, 15) is 9.59 Å². The van der Waals surface area contributed by atoms with Gasteiger partial charge in [0.1, 0.15) is 17.2 Å². The first kappa shape index (κ1) is 25.0. The molecule has 174 valence electrons. The van der Waals surface area contributed by atoms with Crippen LogP contribution < -0.4 is 19.5 Å². The summed E-state index contributed by atoms with van der Waals surface area (Å²) < 4.78 is 21.8. The van der Waals surface area contributed by atoms with E-state index in [1.165, 1.54) is 0 Å². The minimum Gasteiger partial charge on any atom is -0.497 e. The lowest BCUT2D eigenvalue weighted by Crippen LogP contribution is -2.47. The quantitative estimate of drug-likeness (QED) is 0.530. The molecule has 0 aliphatic rings. The maximum atomic E-state index is 12.6. The number of hydrogen-bond donors (Lipinski definition) is 1. The molecule has 0 aliphatic carbocycles. The van der Waals surface area contributed by atoms with Gasteiger partial charge in [-0.05, 0) is 70.9 Å². The van der Waals surface area contributed by atoms with E-state index in [1.807, 2.05) is 24.3 Å². The van der Waals surface area contributed by atoms with E-state index < -0.39 is 17.2 Å². The first-order chi connectivity index (χ1) is 15.1. The number of benzene rings is 2. The molecule has 0 heterocycles. The van der Waals surface area contributed by atoms with Gasteiger partial charge >= 0.3 is 5.97 Å². The second-order valence-corrected chi connectivity index (χ2v) is 8.27. The van der Waals surface area contributed by atoms with Crippen LogP contribution in [0.15, 0.2) is 48.5 Å². The standard InChI is InChI=1S/C25H33NO6/c1-7-30-23(28)25(4,5)31-19-13-11-18(12-14-19)15-16-26-22(27)24(2,3)32-21-10-8-9-20(17-21)29-6/h8-14,17H,7,15-16H2,1-6H3,(H,26,27). The van der Waals surface area contributed by atoms with E-state index >= 15 is 0 Å². The SMILES string of the molecule is CCOC(=O)C(C)(C)Oc1ccc(CCNC(=O)C(C)(C)Oc2cccc(OC)c2)cc1. The second kappa shape index (κ2) is 10.9. The Morgan fingerprint density at radius 2 is 1.50 bits per heavy atom. The van der Waals surface area contributed by atoms with Crippen molar-refractivity contribution in [3.05, 3.63) is 54.1 Å². The number of hydrogen-bond acceptors (Lipinski definition) is 6. The Labute approximate surface area is 190 Å². The number of methoxy groups -OCH3 is 1. The summed E-state index contributed by atoms with van der Waals surface area (Å²) in [5, 5.41) is 2.91. The van der Waals surface area contributed by atoms with Crippen LogP contribution in [0.5, 0.6) is 17.2 Å². The summed E-state index contributed by atoms with van der Waals surface area (Å²) >= 11 is 0. The molecule has 0 unspecified atom stereocenters. The van der Waals surface area contributed by atoms with Crippen LogP contribution >= 0.6 is 0 Å². The van der Waals surface area contributed by atoms with Crippen molar-refractivity contribution in [1.82, 2.24) is 5.32 Å². The van der Waals surface area contributed by atoms with Gasteiger partial charge in [-0.15, -0.1) is 0 Å². The third-order valence-corrected chi connectivity index (χ3v) is 4.72. The Balaban J connectivity index is 1.85. The van der Waals surface area contributed by atoms with Crippen LogP contribution in [0, 0.1) is 0 Å². The predicted molar refractivity (Wildman–Crippen MR) is 122 cm³/mol. The molecule has 2 aromatic rings. The van der Waals surface area contributed by atoms with Gasteiger partial charge in [0.05, 0.1) is 13.7 Å². The van der Waals surface area contributed by atoms with Crippen molar-refractivity contribution in [2.75, 3.05) is 20.3 Å². The molecule has 2 rings (SSSR count). The highest BCUT2D eigenvalue weighted by Crippen LogP contribution is 2.24. The lowest BCUT2D eigenvalue weighted by molar-refractivity contribution is -0.158. The first-order valence-corrected chi connectivity index (χ1v) is 10.6. The van der Waals surface area contributed by atoms with Crippen LogP contribution in [0.1, 0.15) is 40.2 Å². The fourth-order valence-corrected chi connectivity index (χ4v) is 2.90. The van der Waals surface area contributed by atoms with Gasteiger partial charge in [0.2, 0.25) is 0 Å². The zero-order valence-electron chi connectivity index (χ0n) is 19.7. The molecule has 7 heteroatoms. The first-order valence-electron chi connectivity index (χ1n) is 10.6. The number of amides is 1. The molecule has 0 fully saturated rings. The van der Waals surface area contributed by atoms with Crippen LogP contribution in [-0.2, 0) is 20.7 Å². The molecule has 0 spiro atoms. The molecule has 0 atom stereocenters. The third-order valence-electron chi connectivity index (χ3n) is 4.72. The molecule has 1 N–H and O–H groups in total. The molecule has 2 aromatic carbocycles. The summed E-state index contributed by atoms with van der Waals surface area (Å²) in [6.45, 7) is 9.30. The van der Waals surface area contributed by atoms with Crippen molar-refractivity contribution in [2.24, 2.45) is 0 Å². The van der Waals surface area contributed by atoms with E-state index in [4.69, 9.17) is 18.9 Å². The maximum absolute atomic E-state index is 12.6. The summed E-state index contributed by atoms with van der Waals surface area (Å²) in [6.07, 6.45) is 0.641. The zero-order chi connectivity index (χ0) is 23.8. The molecule has 7 nitrogen and oxygen atoms in total. The predicted octanol–water partition coefficient (Wildman–Crippen LogP) is 3.93. The molecular weight excluding hydrogens is 410 g/mol. The van der Waals surface area contributed by atoms with Crippen molar-refractivity contribution >= 4 is 11.9 Å². The van der Waals surface area contributed by atoms with Gasteiger partial charge in [0.25, 0.3) is 5.91 Å². The molecule has 0 saturated carbocycles. The Kier molecular flexibility index (Phi) is 8.52. The highest BCUT2D eigenvalue weighted by molar-refractivity contribution is 5.84. The van der Waals surface area contributed by atoms with Crippen molar-refractivity contribution in [3.63, 3.8) is 0 Å². The van der Waals surface area contributed by atoms with Crippen molar-refractivity contribution in [3.8, 4) is 17.2 Å². The van der Waals surface area contributed by atoms with Gasteiger partial charge in [-0.3, -0.25) is 4.79 Å². The van der Waals surface area contributed by atoms with E-state index in [2.05, 4.69) is 5.32 Å². The molecular formula is C25H33NO6. The lowest BCUT2D eigenvalue weighted by atomic mass is 10.1. The fourth-order valence-electron chi connectivity index (χ4n) is 2.90. The lowest BCUT2D eigenvalue weighted by Gasteiger charge is -2.25. The van der Waals surface area contributed by atoms with Gasteiger partial charge < -0.3 is 24.3 Å². The summed E-state index contributed by atoms with van der Waals surface area (Å²) in [7, 11) is 1.58. The summed E-state index contributed by atoms with van der Waals surface area (Å²) in [6, 6.07) is 14.5. The topological polar surface area (TPSA) is 83.1 Å². The van der Waals surface area contributed by atoms with Gasteiger partial charge in [0.15, 0.2) is 11.2 Å². The molecule has 0 aliphatic heterocycles. The fraction of sp³-hybridized carbons (Fsp3) is 0.440. The Morgan fingerprint density at radius 1 is 0.875 bits per heavy atom. The summed E-state index contributed by atoms with van der Waals surface area (Å²) in [5.41, 5.74) is -1.08. The average molecular weight is 444 g/mol. The Morgan fingerprint density at radius 3 is 2.12 bits per heavy atom. The van der Waals surface area contributed by atoms with E-state index in [-0.39, 0.29) is 5.91 Å². The Bertz CT molecular complexity index is 905. The van der Waals surface area contributed by atoms with Crippen LogP contribution in [0.3, 0.4) is 0 Å². The third kappa shape index (κ3) is 7.18. The monoisotopic (exact) mass is 443 g/mol. The minimum absolute atomic E-state index is 0.212. The minimum atomic E-state index is -1.07. The molecule has 0 saturated heterocycles. The molecule has 1 amide bonds. The van der Waals surface area contributed by atoms with E-state index in [0.717, 1.165) is 5.56 Å². The van der Waals surface area contributed by atoms with Gasteiger partial charge in [-0.1, -0.05) is 18.2 Å². The average Bonchev–Trinajstić information content (AvgIpc) is 2.74. The zero-order valence-corrected chi connectivity index (χ0v) is 19.7. The largest absolute Gasteiger partial charge is 0.497 e. The van der Waals surface area contributed by atoms with Crippen LogP contribution in [-0.4, -0.2) is 43.3 Å². The van der Waals surface area contributed by atoms with Gasteiger partial charge in [-0.2, -0.15) is 0 Å². The number of rotatable bonds is 11. The summed E-state index contributed by atoms with van der Waals surface area (Å²) in [4.78, 5) is 24.6. The second-order valence-electron chi connectivity index (χ2n) is 8.27. The maximum Gasteiger partial charge on any atom is 0.349 e. The Hall–Kier alpha value is -3.22. The number of carbonyl (C=O) groups excluding carboxylic acids is 2. The van der Waals surface area contributed by atoms with Gasteiger partial charge in [0, 0.05) is 12.6 Å². The molecule has 0 bridgehead atoms. The van der Waals surface area contributed by atoms with E-state index in [1.54, 1.807) is 66.0 Å². The molecule has 32 heavy (non-hydrogen) atoms. The van der Waals surface area contributed by atoms with Crippen molar-refractivity contribution in [1.29, 1.82) is 0 Å². The van der Waals surface area contributed by atoms with E-state index in [0.29, 0.717) is 36.8 Å².